The lowest BCUT2D eigenvalue weighted by Gasteiger charge is -2.30. The van der Waals surface area contributed by atoms with Crippen LogP contribution in [-0.2, 0) is 14.3 Å². The Labute approximate surface area is 135 Å². The van der Waals surface area contributed by atoms with Crippen molar-refractivity contribution in [2.75, 3.05) is 31.6 Å². The number of hydrogen-bond donors (Lipinski definition) is 1. The Morgan fingerprint density at radius 2 is 2.22 bits per heavy atom. The van der Waals surface area contributed by atoms with Gasteiger partial charge in [-0.05, 0) is 50.9 Å². The van der Waals surface area contributed by atoms with Crippen LogP contribution in [-0.4, -0.2) is 43.0 Å². The minimum atomic E-state index is -0.443. The zero-order valence-corrected chi connectivity index (χ0v) is 13.6. The molecule has 126 valence electrons. The van der Waals surface area contributed by atoms with Gasteiger partial charge in [0, 0.05) is 6.54 Å². The van der Waals surface area contributed by atoms with Gasteiger partial charge in [-0.2, -0.15) is 0 Å². The van der Waals surface area contributed by atoms with E-state index in [1.807, 2.05) is 4.90 Å². The number of likely N-dealkylation sites (tertiary alicyclic amines) is 1. The van der Waals surface area contributed by atoms with Gasteiger partial charge in [-0.3, -0.25) is 14.5 Å². The third kappa shape index (κ3) is 5.03. The molecule has 1 amide bonds. The van der Waals surface area contributed by atoms with Gasteiger partial charge >= 0.3 is 5.97 Å². The van der Waals surface area contributed by atoms with Crippen LogP contribution < -0.4 is 5.32 Å². The number of carbonyl (C=O) groups excluding carboxylic acids is 2. The van der Waals surface area contributed by atoms with Crippen LogP contribution in [0.2, 0.25) is 0 Å². The van der Waals surface area contributed by atoms with Crippen molar-refractivity contribution in [1.29, 1.82) is 0 Å². The Morgan fingerprint density at radius 3 is 2.91 bits per heavy atom. The highest BCUT2D eigenvalue weighted by Gasteiger charge is 2.27. The van der Waals surface area contributed by atoms with Crippen molar-refractivity contribution in [2.24, 2.45) is 5.92 Å². The maximum absolute atomic E-state index is 13.8. The standard InChI is InChI=1S/C17H23FN2O3/c1-3-23-17(22)13-5-4-8-20(10-13)11-16(21)19-15-7-6-12(2)9-14(15)18/h6-7,9,13H,3-5,8,10-11H2,1-2H3,(H,19,21). The van der Waals surface area contributed by atoms with Crippen molar-refractivity contribution >= 4 is 17.6 Å². The van der Waals surface area contributed by atoms with Gasteiger partial charge in [0.2, 0.25) is 5.91 Å². The lowest BCUT2D eigenvalue weighted by molar-refractivity contribution is -0.150. The molecule has 1 fully saturated rings. The minimum Gasteiger partial charge on any atom is -0.466 e. The fraction of sp³-hybridized carbons (Fsp3) is 0.529. The third-order valence-corrected chi connectivity index (χ3v) is 3.89. The molecular formula is C17H23FN2O3. The second-order valence-electron chi connectivity index (χ2n) is 5.86. The van der Waals surface area contributed by atoms with E-state index in [2.05, 4.69) is 5.32 Å². The first kappa shape index (κ1) is 17.4. The molecule has 0 saturated carbocycles. The number of ether oxygens (including phenoxy) is 1. The number of benzene rings is 1. The summed E-state index contributed by atoms with van der Waals surface area (Å²) < 4.78 is 18.8. The summed E-state index contributed by atoms with van der Waals surface area (Å²) in [5.74, 6) is -1.12. The van der Waals surface area contributed by atoms with Gasteiger partial charge in [-0.25, -0.2) is 4.39 Å². The van der Waals surface area contributed by atoms with Crippen LogP contribution in [0.4, 0.5) is 10.1 Å². The predicted octanol–water partition coefficient (Wildman–Crippen LogP) is 2.35. The number of rotatable bonds is 5. The molecule has 0 spiro atoms. The molecule has 0 aromatic heterocycles. The highest BCUT2D eigenvalue weighted by molar-refractivity contribution is 5.92. The summed E-state index contributed by atoms with van der Waals surface area (Å²) >= 11 is 0. The molecule has 1 aromatic rings. The van der Waals surface area contributed by atoms with Crippen LogP contribution >= 0.6 is 0 Å². The second kappa shape index (κ2) is 8.06. The SMILES string of the molecule is CCOC(=O)C1CCCN(CC(=O)Nc2ccc(C)cc2F)C1. The molecule has 1 N–H and O–H groups in total. The fourth-order valence-corrected chi connectivity index (χ4v) is 2.77. The lowest BCUT2D eigenvalue weighted by Crippen LogP contribution is -2.43. The first-order valence-electron chi connectivity index (χ1n) is 7.94. The van der Waals surface area contributed by atoms with Gasteiger partial charge in [0.15, 0.2) is 0 Å². The summed E-state index contributed by atoms with van der Waals surface area (Å²) in [4.78, 5) is 25.8. The molecule has 1 unspecified atom stereocenters. The van der Waals surface area contributed by atoms with E-state index in [1.165, 1.54) is 6.07 Å². The lowest BCUT2D eigenvalue weighted by atomic mass is 9.98. The van der Waals surface area contributed by atoms with Crippen LogP contribution in [0, 0.1) is 18.7 Å². The summed E-state index contributed by atoms with van der Waals surface area (Å²) in [6.07, 6.45) is 1.62. The van der Waals surface area contributed by atoms with Gasteiger partial charge < -0.3 is 10.1 Å². The highest BCUT2D eigenvalue weighted by atomic mass is 19.1. The molecule has 5 nitrogen and oxygen atoms in total. The van der Waals surface area contributed by atoms with E-state index in [1.54, 1.807) is 26.0 Å². The number of halogens is 1. The zero-order chi connectivity index (χ0) is 16.8. The van der Waals surface area contributed by atoms with Crippen molar-refractivity contribution < 1.29 is 18.7 Å². The third-order valence-electron chi connectivity index (χ3n) is 3.89. The van der Waals surface area contributed by atoms with Gasteiger partial charge in [0.25, 0.3) is 0 Å². The van der Waals surface area contributed by atoms with Crippen molar-refractivity contribution in [2.45, 2.75) is 26.7 Å². The van der Waals surface area contributed by atoms with Crippen LogP contribution in [0.1, 0.15) is 25.3 Å². The highest BCUT2D eigenvalue weighted by Crippen LogP contribution is 2.19. The molecule has 2 rings (SSSR count). The number of nitrogens with one attached hydrogen (secondary N) is 1. The van der Waals surface area contributed by atoms with Gasteiger partial charge in [0.1, 0.15) is 5.82 Å². The number of nitrogens with zero attached hydrogens (tertiary/aromatic N) is 1. The van der Waals surface area contributed by atoms with Crippen molar-refractivity contribution in [1.82, 2.24) is 4.90 Å². The number of carbonyl (C=O) groups is 2. The number of amides is 1. The summed E-state index contributed by atoms with van der Waals surface area (Å²) in [5.41, 5.74) is 0.980. The molecule has 1 atom stereocenters. The van der Waals surface area contributed by atoms with Crippen molar-refractivity contribution in [3.63, 3.8) is 0 Å². The number of anilines is 1. The molecule has 0 aliphatic carbocycles. The Balaban J connectivity index is 1.88. The smallest absolute Gasteiger partial charge is 0.310 e. The van der Waals surface area contributed by atoms with E-state index >= 15 is 0 Å². The molecule has 1 aliphatic heterocycles. The van der Waals surface area contributed by atoms with Crippen LogP contribution in [0.25, 0.3) is 0 Å². The molecule has 23 heavy (non-hydrogen) atoms. The average Bonchev–Trinajstić information content (AvgIpc) is 2.50. The molecule has 1 aliphatic rings. The minimum absolute atomic E-state index is 0.142. The molecular weight excluding hydrogens is 299 g/mol. The van der Waals surface area contributed by atoms with E-state index in [0.29, 0.717) is 13.2 Å². The Hall–Kier alpha value is -1.95. The second-order valence-corrected chi connectivity index (χ2v) is 5.86. The van der Waals surface area contributed by atoms with E-state index in [0.717, 1.165) is 24.9 Å². The predicted molar refractivity (Wildman–Crippen MR) is 85.6 cm³/mol. The first-order chi connectivity index (χ1) is 11.0. The van der Waals surface area contributed by atoms with Crippen LogP contribution in [0.3, 0.4) is 0 Å². The van der Waals surface area contributed by atoms with Gasteiger partial charge in [0.05, 0.1) is 24.8 Å². The Bertz CT molecular complexity index is 577. The monoisotopic (exact) mass is 322 g/mol. The molecule has 1 heterocycles. The number of aryl methyl sites for hydroxylation is 1. The molecule has 1 aromatic carbocycles. The van der Waals surface area contributed by atoms with E-state index < -0.39 is 5.82 Å². The Morgan fingerprint density at radius 1 is 1.43 bits per heavy atom. The quantitative estimate of drug-likeness (QED) is 0.846. The summed E-state index contributed by atoms with van der Waals surface area (Å²) in [5, 5.41) is 2.58. The topological polar surface area (TPSA) is 58.6 Å². The zero-order valence-electron chi connectivity index (χ0n) is 13.6. The molecule has 6 heteroatoms. The fourth-order valence-electron chi connectivity index (χ4n) is 2.77. The van der Waals surface area contributed by atoms with Crippen molar-refractivity contribution in [3.8, 4) is 0 Å². The summed E-state index contributed by atoms with van der Waals surface area (Å²) in [6.45, 7) is 5.33. The summed E-state index contributed by atoms with van der Waals surface area (Å²) in [7, 11) is 0. The van der Waals surface area contributed by atoms with Crippen molar-refractivity contribution in [3.05, 3.63) is 29.6 Å². The normalized spacial score (nSPS) is 18.5. The maximum atomic E-state index is 13.8. The average molecular weight is 322 g/mol. The van der Waals surface area contributed by atoms with Gasteiger partial charge in [-0.1, -0.05) is 6.07 Å². The largest absolute Gasteiger partial charge is 0.466 e. The van der Waals surface area contributed by atoms with Crippen LogP contribution in [0.5, 0.6) is 0 Å². The number of piperidine rings is 1. The maximum Gasteiger partial charge on any atom is 0.310 e. The molecule has 0 bridgehead atoms. The van der Waals surface area contributed by atoms with Crippen LogP contribution in [0.15, 0.2) is 18.2 Å². The Kier molecular flexibility index (Phi) is 6.10. The summed E-state index contributed by atoms with van der Waals surface area (Å²) in [6, 6.07) is 4.68. The van der Waals surface area contributed by atoms with Gasteiger partial charge in [-0.15, -0.1) is 0 Å². The first-order valence-corrected chi connectivity index (χ1v) is 7.94. The molecule has 1 saturated heterocycles. The van der Waals surface area contributed by atoms with E-state index in [-0.39, 0.29) is 30.0 Å². The number of hydrogen-bond acceptors (Lipinski definition) is 4. The number of esters is 1. The van der Waals surface area contributed by atoms with E-state index in [9.17, 15) is 14.0 Å². The molecule has 0 radical (unpaired) electrons. The van der Waals surface area contributed by atoms with E-state index in [4.69, 9.17) is 4.74 Å².